The van der Waals surface area contributed by atoms with Gasteiger partial charge in [-0.25, -0.2) is 0 Å². The first-order valence-electron chi connectivity index (χ1n) is 9.77. The summed E-state index contributed by atoms with van der Waals surface area (Å²) in [6.07, 6.45) is 2.17. The molecule has 5 nitrogen and oxygen atoms in total. The minimum atomic E-state index is -0.224. The van der Waals surface area contributed by atoms with Crippen LogP contribution in [0.25, 0.3) is 17.1 Å². The average Bonchev–Trinajstić information content (AvgIpc) is 3.39. The maximum absolute atomic E-state index is 12.8. The van der Waals surface area contributed by atoms with Crippen molar-refractivity contribution < 1.29 is 4.79 Å². The number of carbonyl (C=O) groups is 1. The highest BCUT2D eigenvalue weighted by Gasteiger charge is 2.27. The van der Waals surface area contributed by atoms with E-state index in [0.29, 0.717) is 10.2 Å². The van der Waals surface area contributed by atoms with Crippen LogP contribution in [0.3, 0.4) is 0 Å². The first-order valence-corrected chi connectivity index (χ1v) is 11.0. The molecule has 4 rings (SSSR count). The molecule has 1 aromatic heterocycles. The molecule has 0 aliphatic carbocycles. The fourth-order valence-electron chi connectivity index (χ4n) is 3.57. The number of likely N-dealkylation sites (tertiary alicyclic amines) is 1. The number of carbonyl (C=O) groups excluding carboxylic acids is 1. The van der Waals surface area contributed by atoms with Gasteiger partial charge < -0.3 is 4.90 Å². The molecule has 0 bridgehead atoms. The molecule has 0 N–H and O–H groups in total. The highest BCUT2D eigenvalue weighted by molar-refractivity contribution is 8.00. The molecule has 0 spiro atoms. The molecular weight excluding hydrogens is 404 g/mol. The zero-order valence-electron chi connectivity index (χ0n) is 16.5. The Morgan fingerprint density at radius 2 is 1.76 bits per heavy atom. The van der Waals surface area contributed by atoms with Gasteiger partial charge in [0, 0.05) is 23.7 Å². The Bertz CT molecular complexity index is 1010. The van der Waals surface area contributed by atoms with E-state index in [1.54, 1.807) is 0 Å². The molecular formula is C22H23ClN4OS. The Labute approximate surface area is 180 Å². The number of hydrogen-bond acceptors (Lipinski definition) is 4. The van der Waals surface area contributed by atoms with Crippen LogP contribution >= 0.6 is 23.4 Å². The molecule has 1 amide bonds. The van der Waals surface area contributed by atoms with Crippen molar-refractivity contribution >= 4 is 29.3 Å². The summed E-state index contributed by atoms with van der Waals surface area (Å²) in [5.74, 6) is 0.902. The van der Waals surface area contributed by atoms with Crippen molar-refractivity contribution in [2.45, 2.75) is 37.1 Å². The van der Waals surface area contributed by atoms with Gasteiger partial charge in [-0.05, 0) is 62.6 Å². The van der Waals surface area contributed by atoms with Crippen LogP contribution in [0.1, 0.15) is 25.3 Å². The molecule has 1 fully saturated rings. The van der Waals surface area contributed by atoms with Crippen LogP contribution in [0.5, 0.6) is 0 Å². The second-order valence-electron chi connectivity index (χ2n) is 7.23. The van der Waals surface area contributed by atoms with Crippen molar-refractivity contribution in [3.63, 3.8) is 0 Å². The molecule has 1 unspecified atom stereocenters. The van der Waals surface area contributed by atoms with Gasteiger partial charge in [0.25, 0.3) is 0 Å². The Morgan fingerprint density at radius 3 is 2.45 bits per heavy atom. The summed E-state index contributed by atoms with van der Waals surface area (Å²) >= 11 is 7.52. The van der Waals surface area contributed by atoms with Crippen molar-refractivity contribution in [2.24, 2.45) is 0 Å². The lowest BCUT2D eigenvalue weighted by Crippen LogP contribution is -2.34. The lowest BCUT2D eigenvalue weighted by Gasteiger charge is -2.20. The Balaban J connectivity index is 1.73. The van der Waals surface area contributed by atoms with Gasteiger partial charge in [-0.3, -0.25) is 9.36 Å². The predicted molar refractivity (Wildman–Crippen MR) is 118 cm³/mol. The van der Waals surface area contributed by atoms with Gasteiger partial charge in [0.2, 0.25) is 5.91 Å². The lowest BCUT2D eigenvalue weighted by atomic mass is 10.1. The topological polar surface area (TPSA) is 51.0 Å². The maximum Gasteiger partial charge on any atom is 0.235 e. The second-order valence-corrected chi connectivity index (χ2v) is 8.97. The fraction of sp³-hybridized carbons (Fsp3) is 0.318. The van der Waals surface area contributed by atoms with Crippen LogP contribution in [0, 0.1) is 6.92 Å². The summed E-state index contributed by atoms with van der Waals surface area (Å²) in [6.45, 7) is 5.72. The number of hydrogen-bond donors (Lipinski definition) is 0. The molecule has 1 saturated heterocycles. The molecule has 3 aromatic rings. The molecule has 0 saturated carbocycles. The second kappa shape index (κ2) is 8.59. The van der Waals surface area contributed by atoms with E-state index in [9.17, 15) is 4.79 Å². The van der Waals surface area contributed by atoms with E-state index in [2.05, 4.69) is 29.3 Å². The Hall–Kier alpha value is -2.31. The van der Waals surface area contributed by atoms with E-state index >= 15 is 0 Å². The van der Waals surface area contributed by atoms with Crippen LogP contribution in [0.2, 0.25) is 5.02 Å². The number of thioether (sulfide) groups is 1. The summed E-state index contributed by atoms with van der Waals surface area (Å²) < 4.78 is 2.04. The predicted octanol–water partition coefficient (Wildman–Crippen LogP) is 5.00. The number of halogens is 1. The lowest BCUT2D eigenvalue weighted by molar-refractivity contribution is -0.129. The highest BCUT2D eigenvalue weighted by Crippen LogP contribution is 2.32. The van der Waals surface area contributed by atoms with Gasteiger partial charge in [-0.2, -0.15) is 0 Å². The van der Waals surface area contributed by atoms with Gasteiger partial charge in [-0.1, -0.05) is 41.6 Å². The molecule has 2 aromatic carbocycles. The third-order valence-corrected chi connectivity index (χ3v) is 6.42. The quantitative estimate of drug-likeness (QED) is 0.539. The molecule has 150 valence electrons. The number of benzene rings is 2. The number of para-hydroxylation sites is 1. The summed E-state index contributed by atoms with van der Waals surface area (Å²) in [5.41, 5.74) is 3.05. The highest BCUT2D eigenvalue weighted by atomic mass is 35.5. The van der Waals surface area contributed by atoms with Crippen molar-refractivity contribution in [1.29, 1.82) is 0 Å². The van der Waals surface area contributed by atoms with E-state index in [-0.39, 0.29) is 11.2 Å². The summed E-state index contributed by atoms with van der Waals surface area (Å²) in [6, 6.07) is 15.7. The van der Waals surface area contributed by atoms with Crippen LogP contribution < -0.4 is 0 Å². The largest absolute Gasteiger partial charge is 0.342 e. The van der Waals surface area contributed by atoms with Crippen molar-refractivity contribution in [2.75, 3.05) is 13.1 Å². The normalized spacial score (nSPS) is 14.9. The average molecular weight is 427 g/mol. The van der Waals surface area contributed by atoms with E-state index in [4.69, 9.17) is 11.6 Å². The zero-order valence-corrected chi connectivity index (χ0v) is 18.1. The van der Waals surface area contributed by atoms with Gasteiger partial charge in [-0.15, -0.1) is 10.2 Å². The first kappa shape index (κ1) is 20.0. The summed E-state index contributed by atoms with van der Waals surface area (Å²) in [7, 11) is 0. The molecule has 0 radical (unpaired) electrons. The standard InChI is InChI=1S/C22H23ClN4OS/c1-15-7-3-4-8-19(15)27-20(17-9-11-18(23)12-10-17)24-25-22(27)29-16(2)21(28)26-13-5-6-14-26/h3-4,7-12,16H,5-6,13-14H2,1-2H3. The van der Waals surface area contributed by atoms with Crippen molar-refractivity contribution in [3.8, 4) is 17.1 Å². The Kier molecular flexibility index (Phi) is 5.92. The van der Waals surface area contributed by atoms with Crippen LogP contribution in [0.15, 0.2) is 53.7 Å². The monoisotopic (exact) mass is 426 g/mol. The smallest absolute Gasteiger partial charge is 0.235 e. The van der Waals surface area contributed by atoms with E-state index in [1.807, 2.05) is 52.8 Å². The minimum Gasteiger partial charge on any atom is -0.342 e. The molecule has 1 aliphatic heterocycles. The van der Waals surface area contributed by atoms with Crippen LogP contribution in [-0.2, 0) is 4.79 Å². The van der Waals surface area contributed by atoms with Crippen molar-refractivity contribution in [1.82, 2.24) is 19.7 Å². The molecule has 29 heavy (non-hydrogen) atoms. The van der Waals surface area contributed by atoms with E-state index in [1.165, 1.54) is 11.8 Å². The van der Waals surface area contributed by atoms with E-state index < -0.39 is 0 Å². The molecule has 1 aliphatic rings. The molecule has 1 atom stereocenters. The van der Waals surface area contributed by atoms with Gasteiger partial charge in [0.05, 0.1) is 10.9 Å². The fourth-order valence-corrected chi connectivity index (χ4v) is 4.64. The van der Waals surface area contributed by atoms with Crippen LogP contribution in [0.4, 0.5) is 0 Å². The number of amides is 1. The third-order valence-electron chi connectivity index (χ3n) is 5.14. The minimum absolute atomic E-state index is 0.167. The number of aryl methyl sites for hydroxylation is 1. The third kappa shape index (κ3) is 4.19. The molecule has 2 heterocycles. The Morgan fingerprint density at radius 1 is 1.07 bits per heavy atom. The SMILES string of the molecule is Cc1ccccc1-n1c(SC(C)C(=O)N2CCCC2)nnc1-c1ccc(Cl)cc1. The van der Waals surface area contributed by atoms with Crippen LogP contribution in [-0.4, -0.2) is 43.9 Å². The number of aromatic nitrogens is 3. The summed E-state index contributed by atoms with van der Waals surface area (Å²) in [4.78, 5) is 14.8. The number of nitrogens with zero attached hydrogens (tertiary/aromatic N) is 4. The van der Waals surface area contributed by atoms with Gasteiger partial charge in [0.15, 0.2) is 11.0 Å². The number of rotatable bonds is 5. The van der Waals surface area contributed by atoms with Gasteiger partial charge in [0.1, 0.15) is 0 Å². The van der Waals surface area contributed by atoms with Gasteiger partial charge >= 0.3 is 0 Å². The maximum atomic E-state index is 12.8. The van der Waals surface area contributed by atoms with E-state index in [0.717, 1.165) is 48.6 Å². The molecule has 7 heteroatoms. The van der Waals surface area contributed by atoms with Crippen molar-refractivity contribution in [3.05, 3.63) is 59.1 Å². The first-order chi connectivity index (χ1) is 14.0. The zero-order chi connectivity index (χ0) is 20.4. The summed E-state index contributed by atoms with van der Waals surface area (Å²) in [5, 5.41) is 10.1.